The Balaban J connectivity index is 1.17. The first-order valence-corrected chi connectivity index (χ1v) is 12.2. The summed E-state index contributed by atoms with van der Waals surface area (Å²) >= 11 is 0. The Bertz CT molecular complexity index is 1330. The van der Waals surface area contributed by atoms with E-state index in [2.05, 4.69) is 10.3 Å². The number of halogens is 1. The minimum Gasteiger partial charge on any atom is -0.497 e. The van der Waals surface area contributed by atoms with Gasteiger partial charge in [-0.25, -0.2) is 9.18 Å². The van der Waals surface area contributed by atoms with Gasteiger partial charge in [-0.3, -0.25) is 14.7 Å². The summed E-state index contributed by atoms with van der Waals surface area (Å²) in [6.07, 6.45) is -0.955. The highest BCUT2D eigenvalue weighted by molar-refractivity contribution is 5.90. The summed E-state index contributed by atoms with van der Waals surface area (Å²) in [6, 6.07) is 12.3. The van der Waals surface area contributed by atoms with Gasteiger partial charge in [-0.15, -0.1) is 0 Å². The molecule has 0 spiro atoms. The predicted molar refractivity (Wildman–Crippen MR) is 137 cm³/mol. The molecule has 0 radical (unpaired) electrons. The standard InChI is InChI=1S/C27H29FN4O5/c1-17-19(11-18-3-5-21(35-2)14-24(18)30-17)12-26(33)29-15-22-16-32(27(34)37-22)20-4-6-25(23(28)13-20)31-7-9-36-10-8-31/h3-6,11,13-14,22H,7-10,12,15-16H2,1-2H3,(H,29,33)/t22-/m0/s1. The van der Waals surface area contributed by atoms with Gasteiger partial charge in [0, 0.05) is 30.2 Å². The highest BCUT2D eigenvalue weighted by Gasteiger charge is 2.33. The van der Waals surface area contributed by atoms with Crippen LogP contribution in [0.2, 0.25) is 0 Å². The monoisotopic (exact) mass is 508 g/mol. The maximum Gasteiger partial charge on any atom is 0.414 e. The van der Waals surface area contributed by atoms with Gasteiger partial charge in [0.15, 0.2) is 0 Å². The van der Waals surface area contributed by atoms with Gasteiger partial charge in [0.05, 0.1) is 56.7 Å². The number of nitrogens with one attached hydrogen (secondary N) is 1. The van der Waals surface area contributed by atoms with E-state index >= 15 is 0 Å². The van der Waals surface area contributed by atoms with Crippen molar-refractivity contribution < 1.29 is 28.2 Å². The maximum absolute atomic E-state index is 14.8. The molecular weight excluding hydrogens is 479 g/mol. The van der Waals surface area contributed by atoms with Crippen LogP contribution in [-0.2, 0) is 20.7 Å². The molecule has 2 aliphatic rings. The van der Waals surface area contributed by atoms with Crippen molar-refractivity contribution >= 4 is 34.3 Å². The third-order valence-electron chi connectivity index (χ3n) is 6.67. The summed E-state index contributed by atoms with van der Waals surface area (Å²) in [6.45, 7) is 4.58. The summed E-state index contributed by atoms with van der Waals surface area (Å²) in [7, 11) is 1.61. The molecule has 0 unspecified atom stereocenters. The second-order valence-electron chi connectivity index (χ2n) is 9.12. The molecule has 3 aromatic rings. The SMILES string of the molecule is COc1ccc2cc(CC(=O)NC[C@H]3CN(c4ccc(N5CCOCC5)c(F)c4)C(=O)O3)c(C)nc2c1. The lowest BCUT2D eigenvalue weighted by Gasteiger charge is -2.29. The molecule has 10 heteroatoms. The van der Waals surface area contributed by atoms with E-state index in [1.807, 2.05) is 36.1 Å². The second-order valence-corrected chi connectivity index (χ2v) is 9.12. The van der Waals surface area contributed by atoms with Crippen LogP contribution in [-0.4, -0.2) is 69.6 Å². The van der Waals surface area contributed by atoms with Crippen molar-refractivity contribution in [1.29, 1.82) is 0 Å². The van der Waals surface area contributed by atoms with Crippen LogP contribution in [0.5, 0.6) is 5.75 Å². The number of anilines is 2. The number of carbonyl (C=O) groups excluding carboxylic acids is 2. The lowest BCUT2D eigenvalue weighted by molar-refractivity contribution is -0.120. The number of morpholine rings is 1. The number of carbonyl (C=O) groups is 2. The Kier molecular flexibility index (Phi) is 7.09. The number of ether oxygens (including phenoxy) is 3. The molecule has 9 nitrogen and oxygen atoms in total. The molecular formula is C27H29FN4O5. The van der Waals surface area contributed by atoms with Crippen molar-refractivity contribution in [1.82, 2.24) is 10.3 Å². The van der Waals surface area contributed by atoms with E-state index < -0.39 is 18.0 Å². The van der Waals surface area contributed by atoms with Crippen LogP contribution in [0.4, 0.5) is 20.6 Å². The normalized spacial score (nSPS) is 17.7. The molecule has 1 N–H and O–H groups in total. The molecule has 1 atom stereocenters. The quantitative estimate of drug-likeness (QED) is 0.524. The molecule has 5 rings (SSSR count). The fourth-order valence-electron chi connectivity index (χ4n) is 4.62. The van der Waals surface area contributed by atoms with Crippen LogP contribution in [0.3, 0.4) is 0 Å². The van der Waals surface area contributed by atoms with Crippen molar-refractivity contribution in [3.8, 4) is 5.75 Å². The first kappa shape index (κ1) is 24.8. The van der Waals surface area contributed by atoms with Gasteiger partial charge in [0.2, 0.25) is 5.91 Å². The Labute approximate surface area is 214 Å². The Morgan fingerprint density at radius 3 is 2.76 bits per heavy atom. The van der Waals surface area contributed by atoms with Crippen LogP contribution in [0.25, 0.3) is 10.9 Å². The molecule has 2 saturated heterocycles. The summed E-state index contributed by atoms with van der Waals surface area (Å²) < 4.78 is 30.8. The van der Waals surface area contributed by atoms with Crippen LogP contribution in [0.15, 0.2) is 42.5 Å². The Morgan fingerprint density at radius 2 is 2.00 bits per heavy atom. The average molecular weight is 509 g/mol. The molecule has 0 aliphatic carbocycles. The van der Waals surface area contributed by atoms with E-state index in [1.54, 1.807) is 19.2 Å². The van der Waals surface area contributed by atoms with Crippen LogP contribution >= 0.6 is 0 Å². The number of fused-ring (bicyclic) bond motifs is 1. The van der Waals surface area contributed by atoms with Crippen molar-refractivity contribution in [3.05, 3.63) is 59.5 Å². The summed E-state index contributed by atoms with van der Waals surface area (Å²) in [4.78, 5) is 33.0. The molecule has 37 heavy (non-hydrogen) atoms. The minimum absolute atomic E-state index is 0.152. The van der Waals surface area contributed by atoms with E-state index in [0.717, 1.165) is 27.9 Å². The maximum atomic E-state index is 14.8. The highest BCUT2D eigenvalue weighted by atomic mass is 19.1. The molecule has 3 heterocycles. The number of cyclic esters (lactones) is 1. The first-order valence-electron chi connectivity index (χ1n) is 12.2. The third kappa shape index (κ3) is 5.43. The zero-order valence-corrected chi connectivity index (χ0v) is 20.8. The van der Waals surface area contributed by atoms with Gasteiger partial charge >= 0.3 is 6.09 Å². The van der Waals surface area contributed by atoms with E-state index in [1.165, 1.54) is 11.0 Å². The van der Waals surface area contributed by atoms with Crippen LogP contribution in [0.1, 0.15) is 11.3 Å². The van der Waals surface area contributed by atoms with Gasteiger partial charge in [-0.05, 0) is 48.9 Å². The summed E-state index contributed by atoms with van der Waals surface area (Å²) in [5, 5.41) is 3.76. The highest BCUT2D eigenvalue weighted by Crippen LogP contribution is 2.28. The molecule has 2 aliphatic heterocycles. The Hall–Kier alpha value is -3.92. The van der Waals surface area contributed by atoms with Gasteiger partial charge in [0.1, 0.15) is 17.7 Å². The summed E-state index contributed by atoms with van der Waals surface area (Å²) in [5.41, 5.74) is 3.28. The van der Waals surface area contributed by atoms with E-state index in [4.69, 9.17) is 14.2 Å². The fourth-order valence-corrected chi connectivity index (χ4v) is 4.62. The van der Waals surface area contributed by atoms with Crippen molar-refractivity contribution in [3.63, 3.8) is 0 Å². The predicted octanol–water partition coefficient (Wildman–Crippen LogP) is 3.21. The number of benzene rings is 2. The van der Waals surface area contributed by atoms with Gasteiger partial charge in [0.25, 0.3) is 0 Å². The van der Waals surface area contributed by atoms with Crippen molar-refractivity contribution in [2.75, 3.05) is 56.3 Å². The number of amides is 2. The van der Waals surface area contributed by atoms with E-state index in [-0.39, 0.29) is 25.4 Å². The summed E-state index contributed by atoms with van der Waals surface area (Å²) in [5.74, 6) is 0.121. The molecule has 0 saturated carbocycles. The molecule has 2 fully saturated rings. The Morgan fingerprint density at radius 1 is 1.19 bits per heavy atom. The van der Waals surface area contributed by atoms with Crippen LogP contribution in [0, 0.1) is 12.7 Å². The number of hydrogen-bond acceptors (Lipinski definition) is 7. The number of methoxy groups -OCH3 is 1. The lowest BCUT2D eigenvalue weighted by atomic mass is 10.1. The third-order valence-corrected chi connectivity index (χ3v) is 6.67. The van der Waals surface area contributed by atoms with Crippen molar-refractivity contribution in [2.45, 2.75) is 19.4 Å². The molecule has 1 aromatic heterocycles. The number of nitrogens with zero attached hydrogens (tertiary/aromatic N) is 3. The fraction of sp³-hybridized carbons (Fsp3) is 0.370. The molecule has 0 bridgehead atoms. The molecule has 2 aromatic carbocycles. The van der Waals surface area contributed by atoms with E-state index in [9.17, 15) is 14.0 Å². The molecule has 2 amide bonds. The number of hydrogen-bond donors (Lipinski definition) is 1. The lowest BCUT2D eigenvalue weighted by Crippen LogP contribution is -2.37. The molecule has 194 valence electrons. The first-order chi connectivity index (χ1) is 17.9. The number of pyridine rings is 1. The van der Waals surface area contributed by atoms with Crippen LogP contribution < -0.4 is 19.9 Å². The number of aryl methyl sites for hydroxylation is 1. The smallest absolute Gasteiger partial charge is 0.414 e. The van der Waals surface area contributed by atoms with Crippen molar-refractivity contribution in [2.24, 2.45) is 0 Å². The second kappa shape index (κ2) is 10.6. The minimum atomic E-state index is -0.567. The van der Waals surface area contributed by atoms with Gasteiger partial charge < -0.3 is 24.4 Å². The topological polar surface area (TPSA) is 93.2 Å². The van der Waals surface area contributed by atoms with Gasteiger partial charge in [-0.2, -0.15) is 0 Å². The zero-order chi connectivity index (χ0) is 25.9. The largest absolute Gasteiger partial charge is 0.497 e. The van der Waals surface area contributed by atoms with E-state index in [0.29, 0.717) is 37.7 Å². The average Bonchev–Trinajstić information content (AvgIpc) is 3.28. The van der Waals surface area contributed by atoms with Gasteiger partial charge in [-0.1, -0.05) is 0 Å². The number of rotatable bonds is 7. The zero-order valence-electron chi connectivity index (χ0n) is 20.8. The number of aromatic nitrogens is 1.